The number of rotatable bonds is 7. The maximum absolute atomic E-state index is 5.84. The zero-order valence-corrected chi connectivity index (χ0v) is 12.4. The van der Waals surface area contributed by atoms with Crippen LogP contribution < -0.4 is 15.2 Å². The van der Waals surface area contributed by atoms with Crippen LogP contribution >= 0.6 is 0 Å². The molecule has 0 heterocycles. The molecule has 0 radical (unpaired) electrons. The molecule has 0 aromatic heterocycles. The van der Waals surface area contributed by atoms with Crippen LogP contribution in [-0.2, 0) is 4.74 Å². The van der Waals surface area contributed by atoms with Gasteiger partial charge in [-0.1, -0.05) is 6.92 Å². The molecule has 0 atom stereocenters. The third-order valence-corrected chi connectivity index (χ3v) is 2.33. The van der Waals surface area contributed by atoms with Gasteiger partial charge in [0.25, 0.3) is 0 Å². The van der Waals surface area contributed by atoms with E-state index in [2.05, 4.69) is 6.92 Å². The molecule has 0 amide bonds. The van der Waals surface area contributed by atoms with E-state index in [9.17, 15) is 0 Å². The van der Waals surface area contributed by atoms with E-state index in [0.29, 0.717) is 31.3 Å². The Bertz CT molecular complexity index is 385. The molecule has 0 unspecified atom stereocenters. The molecule has 108 valence electrons. The van der Waals surface area contributed by atoms with Gasteiger partial charge in [0, 0.05) is 6.07 Å². The minimum Gasteiger partial charge on any atom is -0.491 e. The van der Waals surface area contributed by atoms with Gasteiger partial charge >= 0.3 is 0 Å². The number of nitrogens with two attached hydrogens (primary N) is 1. The second-order valence-corrected chi connectivity index (χ2v) is 5.36. The number of ether oxygens (including phenoxy) is 3. The van der Waals surface area contributed by atoms with Crippen molar-refractivity contribution in [3.63, 3.8) is 0 Å². The molecule has 0 spiro atoms. The van der Waals surface area contributed by atoms with Crippen molar-refractivity contribution in [1.29, 1.82) is 0 Å². The van der Waals surface area contributed by atoms with Crippen LogP contribution in [0.1, 0.15) is 34.1 Å². The molecule has 19 heavy (non-hydrogen) atoms. The standard InChI is InChI=1S/C15H25NO3/c1-5-8-18-14-11-12(6-7-13(14)16)17-9-10-19-15(2,3)4/h6-7,11H,5,8-10,16H2,1-4H3. The third-order valence-electron chi connectivity index (χ3n) is 2.33. The van der Waals surface area contributed by atoms with E-state index in [1.807, 2.05) is 32.9 Å². The van der Waals surface area contributed by atoms with Crippen LogP contribution in [0.25, 0.3) is 0 Å². The molecule has 4 nitrogen and oxygen atoms in total. The first-order valence-electron chi connectivity index (χ1n) is 6.71. The lowest BCUT2D eigenvalue weighted by Crippen LogP contribution is -2.22. The van der Waals surface area contributed by atoms with Crippen molar-refractivity contribution in [2.24, 2.45) is 0 Å². The summed E-state index contributed by atoms with van der Waals surface area (Å²) in [5, 5.41) is 0. The van der Waals surface area contributed by atoms with Gasteiger partial charge < -0.3 is 19.9 Å². The summed E-state index contributed by atoms with van der Waals surface area (Å²) in [6, 6.07) is 5.46. The first-order valence-corrected chi connectivity index (χ1v) is 6.71. The van der Waals surface area contributed by atoms with Crippen molar-refractivity contribution in [1.82, 2.24) is 0 Å². The Morgan fingerprint density at radius 1 is 1.05 bits per heavy atom. The van der Waals surface area contributed by atoms with Gasteiger partial charge in [0.15, 0.2) is 0 Å². The number of benzene rings is 1. The maximum Gasteiger partial charge on any atom is 0.145 e. The first kappa shape index (κ1) is 15.6. The van der Waals surface area contributed by atoms with Crippen LogP contribution in [0, 0.1) is 0 Å². The average Bonchev–Trinajstić information content (AvgIpc) is 2.33. The highest BCUT2D eigenvalue weighted by Crippen LogP contribution is 2.27. The van der Waals surface area contributed by atoms with E-state index in [1.165, 1.54) is 0 Å². The van der Waals surface area contributed by atoms with Crippen LogP contribution in [0.4, 0.5) is 5.69 Å². The summed E-state index contributed by atoms with van der Waals surface area (Å²) >= 11 is 0. The highest BCUT2D eigenvalue weighted by Gasteiger charge is 2.09. The monoisotopic (exact) mass is 267 g/mol. The Labute approximate surface area is 115 Å². The highest BCUT2D eigenvalue weighted by molar-refractivity contribution is 5.55. The van der Waals surface area contributed by atoms with Crippen molar-refractivity contribution in [3.05, 3.63) is 18.2 Å². The predicted octanol–water partition coefficient (Wildman–Crippen LogP) is 3.25. The Kier molecular flexibility index (Phi) is 5.96. The molecule has 2 N–H and O–H groups in total. The van der Waals surface area contributed by atoms with Gasteiger partial charge in [-0.05, 0) is 39.3 Å². The number of anilines is 1. The van der Waals surface area contributed by atoms with Crippen molar-refractivity contribution in [2.75, 3.05) is 25.6 Å². The summed E-state index contributed by atoms with van der Waals surface area (Å²) in [7, 11) is 0. The number of hydrogen-bond donors (Lipinski definition) is 1. The zero-order valence-electron chi connectivity index (χ0n) is 12.4. The summed E-state index contributed by atoms with van der Waals surface area (Å²) in [4.78, 5) is 0. The first-order chi connectivity index (χ1) is 8.92. The number of nitrogen functional groups attached to an aromatic ring is 1. The van der Waals surface area contributed by atoms with E-state index >= 15 is 0 Å². The van der Waals surface area contributed by atoms with Gasteiger partial charge in [-0.15, -0.1) is 0 Å². The second-order valence-electron chi connectivity index (χ2n) is 5.36. The Morgan fingerprint density at radius 2 is 1.79 bits per heavy atom. The normalized spacial score (nSPS) is 11.4. The van der Waals surface area contributed by atoms with Crippen molar-refractivity contribution in [2.45, 2.75) is 39.7 Å². The largest absolute Gasteiger partial charge is 0.491 e. The molecular weight excluding hydrogens is 242 g/mol. The minimum absolute atomic E-state index is 0.139. The van der Waals surface area contributed by atoms with Gasteiger partial charge in [0.1, 0.15) is 18.1 Å². The van der Waals surface area contributed by atoms with Crippen molar-refractivity contribution in [3.8, 4) is 11.5 Å². The second kappa shape index (κ2) is 7.24. The Balaban J connectivity index is 2.45. The van der Waals surface area contributed by atoms with E-state index in [-0.39, 0.29) is 5.60 Å². The molecule has 1 rings (SSSR count). The minimum atomic E-state index is -0.139. The predicted molar refractivity (Wildman–Crippen MR) is 77.8 cm³/mol. The van der Waals surface area contributed by atoms with Crippen molar-refractivity contribution >= 4 is 5.69 Å². The molecular formula is C15H25NO3. The topological polar surface area (TPSA) is 53.7 Å². The van der Waals surface area contributed by atoms with Gasteiger partial charge in [0.05, 0.1) is 24.5 Å². The lowest BCUT2D eigenvalue weighted by Gasteiger charge is -2.19. The molecule has 0 fully saturated rings. The molecule has 0 saturated heterocycles. The van der Waals surface area contributed by atoms with Crippen LogP contribution in [0.3, 0.4) is 0 Å². The Hall–Kier alpha value is -1.42. The molecule has 0 saturated carbocycles. The SMILES string of the molecule is CCCOc1cc(OCCOC(C)(C)C)ccc1N. The fourth-order valence-corrected chi connectivity index (χ4v) is 1.45. The fourth-order valence-electron chi connectivity index (χ4n) is 1.45. The highest BCUT2D eigenvalue weighted by atomic mass is 16.5. The van der Waals surface area contributed by atoms with Crippen molar-refractivity contribution < 1.29 is 14.2 Å². The number of hydrogen-bond acceptors (Lipinski definition) is 4. The van der Waals surface area contributed by atoms with Crippen LogP contribution in [0.2, 0.25) is 0 Å². The molecule has 1 aromatic rings. The van der Waals surface area contributed by atoms with Crippen LogP contribution in [0.5, 0.6) is 11.5 Å². The van der Waals surface area contributed by atoms with E-state index in [0.717, 1.165) is 12.2 Å². The summed E-state index contributed by atoms with van der Waals surface area (Å²) in [5.74, 6) is 1.42. The summed E-state index contributed by atoms with van der Waals surface area (Å²) in [5.41, 5.74) is 6.33. The molecule has 0 aliphatic carbocycles. The average molecular weight is 267 g/mol. The lowest BCUT2D eigenvalue weighted by molar-refractivity contribution is -0.0163. The molecule has 1 aromatic carbocycles. The molecule has 0 bridgehead atoms. The van der Waals surface area contributed by atoms with Crippen LogP contribution in [0.15, 0.2) is 18.2 Å². The van der Waals surface area contributed by atoms with Crippen LogP contribution in [-0.4, -0.2) is 25.4 Å². The lowest BCUT2D eigenvalue weighted by atomic mass is 10.2. The van der Waals surface area contributed by atoms with Gasteiger partial charge in [-0.25, -0.2) is 0 Å². The molecule has 0 aliphatic heterocycles. The maximum atomic E-state index is 5.84. The van der Waals surface area contributed by atoms with E-state index < -0.39 is 0 Å². The summed E-state index contributed by atoms with van der Waals surface area (Å²) in [6.07, 6.45) is 0.948. The summed E-state index contributed by atoms with van der Waals surface area (Å²) < 4.78 is 16.8. The van der Waals surface area contributed by atoms with E-state index in [4.69, 9.17) is 19.9 Å². The smallest absolute Gasteiger partial charge is 0.145 e. The third kappa shape index (κ3) is 6.34. The molecule has 0 aliphatic rings. The Morgan fingerprint density at radius 3 is 2.42 bits per heavy atom. The van der Waals surface area contributed by atoms with E-state index in [1.54, 1.807) is 6.07 Å². The quantitative estimate of drug-likeness (QED) is 0.608. The van der Waals surface area contributed by atoms with Gasteiger partial charge in [-0.2, -0.15) is 0 Å². The zero-order chi connectivity index (χ0) is 14.3. The fraction of sp³-hybridized carbons (Fsp3) is 0.600. The van der Waals surface area contributed by atoms with Gasteiger partial charge in [0.2, 0.25) is 0 Å². The molecule has 4 heteroatoms. The van der Waals surface area contributed by atoms with Gasteiger partial charge in [-0.3, -0.25) is 0 Å². The summed E-state index contributed by atoms with van der Waals surface area (Å²) in [6.45, 7) is 9.83.